The third-order valence-electron chi connectivity index (χ3n) is 2.58. The van der Waals surface area contributed by atoms with Crippen molar-refractivity contribution in [3.63, 3.8) is 0 Å². The van der Waals surface area contributed by atoms with Crippen molar-refractivity contribution < 1.29 is 0 Å². The second-order valence-corrected chi connectivity index (χ2v) is 3.55. The van der Waals surface area contributed by atoms with Crippen molar-refractivity contribution in [1.29, 1.82) is 0 Å². The second-order valence-electron chi connectivity index (χ2n) is 3.55. The third-order valence-corrected chi connectivity index (χ3v) is 2.58. The Morgan fingerprint density at radius 1 is 1.17 bits per heavy atom. The lowest BCUT2D eigenvalue weighted by Crippen LogP contribution is -2.21. The summed E-state index contributed by atoms with van der Waals surface area (Å²) in [6.07, 6.45) is 10.0. The lowest BCUT2D eigenvalue weighted by Gasteiger charge is -2.18. The standard InChI is InChI=1S/C10H16N2/c1-2-5-9(6-3-1)10-7-4-8-11-12-10/h5,11H,1-4,6-8H2. The SMILES string of the molecule is C1=C(C2=NNCCC2)CCCC1. The van der Waals surface area contributed by atoms with Gasteiger partial charge < -0.3 is 5.43 Å². The minimum absolute atomic E-state index is 1.05. The van der Waals surface area contributed by atoms with Crippen LogP contribution >= 0.6 is 0 Å². The monoisotopic (exact) mass is 164 g/mol. The molecule has 0 aromatic heterocycles. The summed E-state index contributed by atoms with van der Waals surface area (Å²) in [5.41, 5.74) is 5.91. The van der Waals surface area contributed by atoms with Gasteiger partial charge in [-0.2, -0.15) is 5.10 Å². The van der Waals surface area contributed by atoms with Crippen LogP contribution in [0.5, 0.6) is 0 Å². The van der Waals surface area contributed by atoms with E-state index in [0.717, 1.165) is 6.54 Å². The molecule has 0 bridgehead atoms. The zero-order chi connectivity index (χ0) is 8.23. The van der Waals surface area contributed by atoms with Crippen LogP contribution in [0.2, 0.25) is 0 Å². The van der Waals surface area contributed by atoms with Crippen LogP contribution < -0.4 is 5.43 Å². The van der Waals surface area contributed by atoms with E-state index in [4.69, 9.17) is 0 Å². The van der Waals surface area contributed by atoms with Gasteiger partial charge in [0.2, 0.25) is 0 Å². The zero-order valence-electron chi connectivity index (χ0n) is 7.47. The van der Waals surface area contributed by atoms with Gasteiger partial charge in [0.05, 0.1) is 5.71 Å². The predicted octanol–water partition coefficient (Wildman–Crippen LogP) is 2.23. The molecule has 2 aliphatic rings. The Bertz CT molecular complexity index is 192. The van der Waals surface area contributed by atoms with E-state index in [1.807, 2.05) is 0 Å². The Labute approximate surface area is 73.7 Å². The fourth-order valence-corrected chi connectivity index (χ4v) is 1.87. The minimum atomic E-state index is 1.05. The minimum Gasteiger partial charge on any atom is -0.310 e. The number of nitrogens with zero attached hydrogens (tertiary/aromatic N) is 1. The molecule has 2 rings (SSSR count). The first-order valence-electron chi connectivity index (χ1n) is 4.95. The van der Waals surface area contributed by atoms with Crippen molar-refractivity contribution in [1.82, 2.24) is 5.43 Å². The van der Waals surface area contributed by atoms with Gasteiger partial charge in [0.25, 0.3) is 0 Å². The van der Waals surface area contributed by atoms with Crippen LogP contribution in [0, 0.1) is 0 Å². The normalized spacial score (nSPS) is 24.0. The van der Waals surface area contributed by atoms with Gasteiger partial charge in [-0.1, -0.05) is 6.08 Å². The first kappa shape index (κ1) is 7.84. The largest absolute Gasteiger partial charge is 0.310 e. The molecular weight excluding hydrogens is 148 g/mol. The van der Waals surface area contributed by atoms with Crippen molar-refractivity contribution in [3.8, 4) is 0 Å². The van der Waals surface area contributed by atoms with Gasteiger partial charge in [-0.25, -0.2) is 0 Å². The molecule has 0 radical (unpaired) electrons. The average Bonchev–Trinajstić information content (AvgIpc) is 2.21. The molecule has 0 aromatic rings. The molecule has 0 atom stereocenters. The number of hydrazone groups is 1. The van der Waals surface area contributed by atoms with Crippen LogP contribution in [-0.4, -0.2) is 12.3 Å². The Balaban J connectivity index is 2.06. The van der Waals surface area contributed by atoms with Crippen LogP contribution in [0.1, 0.15) is 38.5 Å². The molecule has 0 amide bonds. The molecule has 1 N–H and O–H groups in total. The van der Waals surface area contributed by atoms with Gasteiger partial charge in [-0.15, -0.1) is 0 Å². The maximum atomic E-state index is 4.35. The van der Waals surface area contributed by atoms with Crippen LogP contribution in [0.15, 0.2) is 16.8 Å². The molecule has 0 fully saturated rings. The number of rotatable bonds is 1. The van der Waals surface area contributed by atoms with Crippen molar-refractivity contribution in [2.75, 3.05) is 6.54 Å². The number of allylic oxidation sites excluding steroid dienone is 2. The lowest BCUT2D eigenvalue weighted by atomic mass is 9.93. The maximum absolute atomic E-state index is 4.35. The van der Waals surface area contributed by atoms with E-state index in [9.17, 15) is 0 Å². The highest BCUT2D eigenvalue weighted by atomic mass is 15.3. The molecule has 0 unspecified atom stereocenters. The maximum Gasteiger partial charge on any atom is 0.0632 e. The summed E-state index contributed by atoms with van der Waals surface area (Å²) in [5.74, 6) is 0. The van der Waals surface area contributed by atoms with Crippen LogP contribution in [0.3, 0.4) is 0 Å². The Hall–Kier alpha value is -0.790. The summed E-state index contributed by atoms with van der Waals surface area (Å²) < 4.78 is 0. The smallest absolute Gasteiger partial charge is 0.0632 e. The highest BCUT2D eigenvalue weighted by molar-refractivity contribution is 6.00. The molecule has 1 heterocycles. The molecule has 1 aliphatic carbocycles. The number of hydrogen-bond acceptors (Lipinski definition) is 2. The predicted molar refractivity (Wildman–Crippen MR) is 51.2 cm³/mol. The lowest BCUT2D eigenvalue weighted by molar-refractivity contribution is 0.651. The first-order chi connectivity index (χ1) is 5.97. The molecule has 66 valence electrons. The van der Waals surface area contributed by atoms with Crippen molar-refractivity contribution in [2.45, 2.75) is 38.5 Å². The van der Waals surface area contributed by atoms with Gasteiger partial charge in [0, 0.05) is 6.54 Å². The summed E-state index contributed by atoms with van der Waals surface area (Å²) in [5, 5.41) is 4.35. The van der Waals surface area contributed by atoms with Crippen molar-refractivity contribution in [3.05, 3.63) is 11.6 Å². The summed E-state index contributed by atoms with van der Waals surface area (Å²) in [7, 11) is 0. The molecule has 0 saturated carbocycles. The Morgan fingerprint density at radius 2 is 2.17 bits per heavy atom. The summed E-state index contributed by atoms with van der Waals surface area (Å²) in [6, 6.07) is 0. The fourth-order valence-electron chi connectivity index (χ4n) is 1.87. The average molecular weight is 164 g/mol. The summed E-state index contributed by atoms with van der Waals surface area (Å²) in [4.78, 5) is 0. The van der Waals surface area contributed by atoms with Gasteiger partial charge >= 0.3 is 0 Å². The van der Waals surface area contributed by atoms with Gasteiger partial charge in [-0.3, -0.25) is 0 Å². The molecule has 0 saturated heterocycles. The molecular formula is C10H16N2. The Kier molecular flexibility index (Phi) is 2.45. The van der Waals surface area contributed by atoms with E-state index in [-0.39, 0.29) is 0 Å². The zero-order valence-corrected chi connectivity index (χ0v) is 7.47. The van der Waals surface area contributed by atoms with E-state index < -0.39 is 0 Å². The number of nitrogens with one attached hydrogen (secondary N) is 1. The fraction of sp³-hybridized carbons (Fsp3) is 0.700. The molecule has 2 nitrogen and oxygen atoms in total. The first-order valence-corrected chi connectivity index (χ1v) is 4.95. The van der Waals surface area contributed by atoms with E-state index in [0.29, 0.717) is 0 Å². The highest BCUT2D eigenvalue weighted by Gasteiger charge is 2.12. The molecule has 0 spiro atoms. The van der Waals surface area contributed by atoms with E-state index in [2.05, 4.69) is 16.6 Å². The van der Waals surface area contributed by atoms with E-state index in [1.54, 1.807) is 0 Å². The molecule has 2 heteroatoms. The van der Waals surface area contributed by atoms with Crippen LogP contribution in [0.25, 0.3) is 0 Å². The Morgan fingerprint density at radius 3 is 2.83 bits per heavy atom. The van der Waals surface area contributed by atoms with Crippen molar-refractivity contribution in [2.24, 2.45) is 5.10 Å². The van der Waals surface area contributed by atoms with Crippen LogP contribution in [0.4, 0.5) is 0 Å². The van der Waals surface area contributed by atoms with Gasteiger partial charge in [0.1, 0.15) is 0 Å². The molecule has 12 heavy (non-hydrogen) atoms. The quantitative estimate of drug-likeness (QED) is 0.631. The number of hydrogen-bond donors (Lipinski definition) is 1. The van der Waals surface area contributed by atoms with Crippen LogP contribution in [-0.2, 0) is 0 Å². The molecule has 0 aromatic carbocycles. The van der Waals surface area contributed by atoms with Gasteiger partial charge in [0.15, 0.2) is 0 Å². The summed E-state index contributed by atoms with van der Waals surface area (Å²) in [6.45, 7) is 1.05. The van der Waals surface area contributed by atoms with E-state index >= 15 is 0 Å². The third kappa shape index (κ3) is 1.68. The van der Waals surface area contributed by atoms with E-state index in [1.165, 1.54) is 49.8 Å². The van der Waals surface area contributed by atoms with Crippen molar-refractivity contribution >= 4 is 5.71 Å². The summed E-state index contributed by atoms with van der Waals surface area (Å²) >= 11 is 0. The highest BCUT2D eigenvalue weighted by Crippen LogP contribution is 2.21. The molecule has 1 aliphatic heterocycles. The topological polar surface area (TPSA) is 24.4 Å². The second kappa shape index (κ2) is 3.74. The van der Waals surface area contributed by atoms with Gasteiger partial charge in [-0.05, 0) is 44.1 Å².